The van der Waals surface area contributed by atoms with Crippen molar-refractivity contribution < 1.29 is 19.3 Å². The monoisotopic (exact) mass is 336 g/mol. The number of halogens is 1. The Morgan fingerprint density at radius 2 is 2.25 bits per heavy atom. The van der Waals surface area contributed by atoms with Gasteiger partial charge in [0.05, 0.1) is 12.9 Å². The van der Waals surface area contributed by atoms with E-state index in [1.807, 2.05) is 5.92 Å². The van der Waals surface area contributed by atoms with E-state index in [1.165, 1.54) is 10.9 Å². The number of hydrogen-bond donors (Lipinski definition) is 3. The molecule has 128 valence electrons. The highest BCUT2D eigenvalue weighted by atomic mass is 19.1. The van der Waals surface area contributed by atoms with Crippen molar-refractivity contribution in [1.29, 1.82) is 0 Å². The normalized spacial score (nSPS) is 29.8. The summed E-state index contributed by atoms with van der Waals surface area (Å²) in [7, 11) is 3.50. The number of alkyl halides is 1. The molecule has 24 heavy (non-hydrogen) atoms. The number of ether oxygens (including phenoxy) is 1. The number of aromatic nitrogens is 4. The summed E-state index contributed by atoms with van der Waals surface area (Å²) in [4.78, 5) is 14.0. The first kappa shape index (κ1) is 16.4. The van der Waals surface area contributed by atoms with Gasteiger partial charge in [0.2, 0.25) is 11.6 Å². The van der Waals surface area contributed by atoms with Gasteiger partial charge in [0.1, 0.15) is 12.2 Å². The summed E-state index contributed by atoms with van der Waals surface area (Å²) in [6.07, 6.45) is 2.29. The summed E-state index contributed by atoms with van der Waals surface area (Å²) in [6, 6.07) is 0. The molecule has 1 aliphatic rings. The van der Waals surface area contributed by atoms with E-state index >= 15 is 4.39 Å². The number of fused-ring (bicyclic) bond motifs is 1. The number of nitrogen functional groups attached to an aromatic ring is 1. The molecule has 0 amide bonds. The minimum atomic E-state index is -2.56. The van der Waals surface area contributed by atoms with Crippen LogP contribution in [0.5, 0.6) is 0 Å². The van der Waals surface area contributed by atoms with Gasteiger partial charge in [-0.2, -0.15) is 9.97 Å². The number of hydrogen-bond acceptors (Lipinski definition) is 8. The predicted molar refractivity (Wildman–Crippen MR) is 83.7 cm³/mol. The molecule has 0 spiro atoms. The second-order valence-corrected chi connectivity index (χ2v) is 5.69. The molecule has 9 nitrogen and oxygen atoms in total. The van der Waals surface area contributed by atoms with Gasteiger partial charge in [-0.05, 0) is 0 Å². The first-order valence-electron chi connectivity index (χ1n) is 7.12. The molecule has 3 rings (SSSR count). The van der Waals surface area contributed by atoms with Crippen LogP contribution in [-0.2, 0) is 4.74 Å². The van der Waals surface area contributed by atoms with Crippen LogP contribution < -0.4 is 10.6 Å². The largest absolute Gasteiger partial charge is 0.394 e. The quantitative estimate of drug-likeness (QED) is 0.614. The first-order chi connectivity index (χ1) is 11.3. The van der Waals surface area contributed by atoms with Crippen LogP contribution in [0.25, 0.3) is 11.2 Å². The molecule has 4 N–H and O–H groups in total. The van der Waals surface area contributed by atoms with Crippen molar-refractivity contribution in [2.75, 3.05) is 31.3 Å². The first-order valence-corrected chi connectivity index (χ1v) is 7.12. The molecule has 1 unspecified atom stereocenters. The van der Waals surface area contributed by atoms with Gasteiger partial charge in [0.15, 0.2) is 23.2 Å². The Bertz CT molecular complexity index is 819. The molecule has 0 aromatic carbocycles. The third kappa shape index (κ3) is 2.17. The number of anilines is 2. The molecular formula is C14H17FN6O3. The average Bonchev–Trinajstić information content (AvgIpc) is 3.07. The van der Waals surface area contributed by atoms with Gasteiger partial charge in [-0.25, -0.2) is 9.37 Å². The van der Waals surface area contributed by atoms with Crippen LogP contribution in [-0.4, -0.2) is 68.3 Å². The summed E-state index contributed by atoms with van der Waals surface area (Å²) in [5, 5.41) is 19.3. The smallest absolute Gasteiger partial charge is 0.243 e. The molecule has 0 bridgehead atoms. The summed E-state index contributed by atoms with van der Waals surface area (Å²) in [6.45, 7) is -0.586. The summed E-state index contributed by atoms with van der Waals surface area (Å²) in [5.41, 5.74) is 3.74. The maximum absolute atomic E-state index is 15.1. The third-order valence-corrected chi connectivity index (χ3v) is 3.94. The molecule has 4 atom stereocenters. The van der Waals surface area contributed by atoms with Crippen molar-refractivity contribution in [3.05, 3.63) is 6.33 Å². The SMILES string of the molecule is C#C[C@@]1(F)[C@H](O)C(CO)O[C@H]1n1cnc2c(N(C)C)nc(N)nc21. The van der Waals surface area contributed by atoms with E-state index in [9.17, 15) is 10.2 Å². The Kier molecular flexibility index (Phi) is 3.79. The Balaban J connectivity index is 2.18. The van der Waals surface area contributed by atoms with Crippen molar-refractivity contribution >= 4 is 22.9 Å². The molecule has 0 radical (unpaired) electrons. The minimum Gasteiger partial charge on any atom is -0.394 e. The van der Waals surface area contributed by atoms with Crippen LogP contribution in [0.1, 0.15) is 6.23 Å². The number of aliphatic hydroxyl groups excluding tert-OH is 2. The Morgan fingerprint density at radius 3 is 2.83 bits per heavy atom. The fraction of sp³-hybridized carbons (Fsp3) is 0.500. The molecule has 3 heterocycles. The zero-order chi connectivity index (χ0) is 17.6. The fourth-order valence-corrected chi connectivity index (χ4v) is 2.72. The van der Waals surface area contributed by atoms with Crippen molar-refractivity contribution in [2.45, 2.75) is 24.1 Å². The van der Waals surface area contributed by atoms with Crippen molar-refractivity contribution in [1.82, 2.24) is 19.5 Å². The lowest BCUT2D eigenvalue weighted by Crippen LogP contribution is -2.42. The van der Waals surface area contributed by atoms with Gasteiger partial charge in [-0.15, -0.1) is 6.42 Å². The number of nitrogens with two attached hydrogens (primary N) is 1. The van der Waals surface area contributed by atoms with Gasteiger partial charge in [-0.3, -0.25) is 4.57 Å². The van der Waals surface area contributed by atoms with E-state index in [2.05, 4.69) is 15.0 Å². The van der Waals surface area contributed by atoms with Crippen LogP contribution in [0, 0.1) is 12.3 Å². The Hall–Kier alpha value is -2.48. The summed E-state index contributed by atoms with van der Waals surface area (Å²) in [5.74, 6) is 2.33. The molecule has 2 aromatic heterocycles. The van der Waals surface area contributed by atoms with E-state index in [1.54, 1.807) is 19.0 Å². The second kappa shape index (κ2) is 5.55. The number of nitrogens with zero attached hydrogens (tertiary/aromatic N) is 5. The molecule has 2 aromatic rings. The van der Waals surface area contributed by atoms with Gasteiger partial charge in [0, 0.05) is 14.1 Å². The molecular weight excluding hydrogens is 319 g/mol. The van der Waals surface area contributed by atoms with Crippen molar-refractivity contribution in [3.8, 4) is 12.3 Å². The number of terminal acetylenes is 1. The topological polar surface area (TPSA) is 123 Å². The van der Waals surface area contributed by atoms with Crippen molar-refractivity contribution in [2.24, 2.45) is 0 Å². The molecule has 10 heteroatoms. The molecule has 1 fully saturated rings. The van der Waals surface area contributed by atoms with Gasteiger partial charge in [0.25, 0.3) is 0 Å². The van der Waals surface area contributed by atoms with Crippen LogP contribution in [0.3, 0.4) is 0 Å². The van der Waals surface area contributed by atoms with E-state index < -0.39 is 30.7 Å². The number of imidazole rings is 1. The molecule has 0 aliphatic carbocycles. The number of aliphatic hydroxyl groups is 2. The lowest BCUT2D eigenvalue weighted by atomic mass is 9.97. The van der Waals surface area contributed by atoms with Crippen LogP contribution in [0.4, 0.5) is 16.2 Å². The average molecular weight is 336 g/mol. The Labute approximate surface area is 136 Å². The standard InChI is InChI=1S/C14H17FN6O3/c1-4-14(15)9(23)7(5-22)24-12(14)21-6-17-8-10(20(2)3)18-13(16)19-11(8)21/h1,6-7,9,12,22-23H,5H2,2-3H3,(H2,16,18,19)/t7?,9-,12-,14-/m1/s1. The van der Waals surface area contributed by atoms with Gasteiger partial charge >= 0.3 is 0 Å². The van der Waals surface area contributed by atoms with Gasteiger partial charge in [-0.1, -0.05) is 5.92 Å². The van der Waals surface area contributed by atoms with E-state index in [0.717, 1.165) is 0 Å². The molecule has 1 saturated heterocycles. The van der Waals surface area contributed by atoms with Crippen LogP contribution in [0.15, 0.2) is 6.33 Å². The van der Waals surface area contributed by atoms with Gasteiger partial charge < -0.3 is 25.6 Å². The molecule has 1 aliphatic heterocycles. The summed E-state index contributed by atoms with van der Waals surface area (Å²) < 4.78 is 21.8. The zero-order valence-electron chi connectivity index (χ0n) is 13.1. The second-order valence-electron chi connectivity index (χ2n) is 5.69. The zero-order valence-corrected chi connectivity index (χ0v) is 13.1. The maximum atomic E-state index is 15.1. The lowest BCUT2D eigenvalue weighted by Gasteiger charge is -2.23. The van der Waals surface area contributed by atoms with Crippen LogP contribution in [0.2, 0.25) is 0 Å². The third-order valence-electron chi connectivity index (χ3n) is 3.94. The van der Waals surface area contributed by atoms with E-state index in [0.29, 0.717) is 11.3 Å². The van der Waals surface area contributed by atoms with E-state index in [-0.39, 0.29) is 11.6 Å². The highest BCUT2D eigenvalue weighted by Crippen LogP contribution is 2.42. The molecule has 0 saturated carbocycles. The summed E-state index contributed by atoms with van der Waals surface area (Å²) >= 11 is 0. The van der Waals surface area contributed by atoms with E-state index in [4.69, 9.17) is 16.9 Å². The predicted octanol–water partition coefficient (Wildman–Crippen LogP) is -0.933. The fourth-order valence-electron chi connectivity index (χ4n) is 2.72. The van der Waals surface area contributed by atoms with Crippen molar-refractivity contribution in [3.63, 3.8) is 0 Å². The Morgan fingerprint density at radius 1 is 1.54 bits per heavy atom. The lowest BCUT2D eigenvalue weighted by molar-refractivity contribution is -0.0504. The van der Waals surface area contributed by atoms with Crippen LogP contribution >= 0.6 is 0 Å². The minimum absolute atomic E-state index is 0.0321. The highest BCUT2D eigenvalue weighted by Gasteiger charge is 2.57. The number of rotatable bonds is 3. The highest BCUT2D eigenvalue weighted by molar-refractivity contribution is 5.84. The maximum Gasteiger partial charge on any atom is 0.243 e.